The summed E-state index contributed by atoms with van der Waals surface area (Å²) in [5.41, 5.74) is 5.32. The molecule has 0 fully saturated rings. The van der Waals surface area contributed by atoms with E-state index in [0.29, 0.717) is 5.25 Å². The van der Waals surface area contributed by atoms with Crippen LogP contribution in [0.1, 0.15) is 13.3 Å². The summed E-state index contributed by atoms with van der Waals surface area (Å²) in [4.78, 5) is 0. The lowest BCUT2D eigenvalue weighted by atomic mass is 10.5. The number of thioether (sulfide) groups is 1. The molecule has 0 spiro atoms. The van der Waals surface area contributed by atoms with Gasteiger partial charge in [0.05, 0.1) is 0 Å². The van der Waals surface area contributed by atoms with Crippen LogP contribution in [0.25, 0.3) is 0 Å². The van der Waals surface area contributed by atoms with Gasteiger partial charge in [-0.15, -0.1) is 6.58 Å². The minimum Gasteiger partial charge on any atom is -0.330 e. The number of hydrogen-bond donors (Lipinski definition) is 1. The van der Waals surface area contributed by atoms with Crippen molar-refractivity contribution >= 4 is 11.8 Å². The average molecular weight is 145 g/mol. The number of rotatable bonds is 5. The van der Waals surface area contributed by atoms with Gasteiger partial charge in [-0.05, 0) is 25.6 Å². The van der Waals surface area contributed by atoms with Crippen molar-refractivity contribution in [3.63, 3.8) is 0 Å². The summed E-state index contributed by atoms with van der Waals surface area (Å²) >= 11 is 1.90. The first kappa shape index (κ1) is 9.05. The zero-order valence-corrected chi connectivity index (χ0v) is 6.79. The maximum atomic E-state index is 5.32. The maximum Gasteiger partial charge on any atom is 0.0196 e. The minimum absolute atomic E-state index is 0.580. The molecule has 0 aliphatic carbocycles. The fourth-order valence-corrected chi connectivity index (χ4v) is 1.26. The molecular formula is C7H15NS. The van der Waals surface area contributed by atoms with Gasteiger partial charge < -0.3 is 5.73 Å². The van der Waals surface area contributed by atoms with Gasteiger partial charge in [0.15, 0.2) is 0 Å². The third-order valence-electron chi connectivity index (χ3n) is 1.06. The lowest BCUT2D eigenvalue weighted by Crippen LogP contribution is -2.01. The monoisotopic (exact) mass is 145 g/mol. The Labute approximate surface area is 61.7 Å². The molecule has 1 atom stereocenters. The molecule has 0 radical (unpaired) electrons. The van der Waals surface area contributed by atoms with Gasteiger partial charge >= 0.3 is 0 Å². The van der Waals surface area contributed by atoms with Crippen LogP contribution in [0.5, 0.6) is 0 Å². The number of hydrogen-bond acceptors (Lipinski definition) is 2. The van der Waals surface area contributed by atoms with Gasteiger partial charge in [0.25, 0.3) is 0 Å². The standard InChI is InChI=1S/C7H15NS/c1-3-7(2)9-6-4-5-8/h3,7H,1,4-6,8H2,2H3. The van der Waals surface area contributed by atoms with E-state index < -0.39 is 0 Å². The van der Waals surface area contributed by atoms with Gasteiger partial charge in [-0.1, -0.05) is 6.08 Å². The van der Waals surface area contributed by atoms with Crippen LogP contribution in [-0.2, 0) is 0 Å². The van der Waals surface area contributed by atoms with E-state index in [4.69, 9.17) is 5.73 Å². The first-order chi connectivity index (χ1) is 4.31. The zero-order valence-electron chi connectivity index (χ0n) is 5.97. The molecule has 0 heterocycles. The summed E-state index contributed by atoms with van der Waals surface area (Å²) in [5.74, 6) is 1.16. The van der Waals surface area contributed by atoms with E-state index in [9.17, 15) is 0 Å². The van der Waals surface area contributed by atoms with E-state index in [0.717, 1.165) is 18.7 Å². The molecule has 9 heavy (non-hydrogen) atoms. The van der Waals surface area contributed by atoms with E-state index in [1.807, 2.05) is 17.8 Å². The molecule has 1 unspecified atom stereocenters. The zero-order chi connectivity index (χ0) is 7.11. The molecular weight excluding hydrogens is 130 g/mol. The fourth-order valence-electron chi connectivity index (χ4n) is 0.421. The van der Waals surface area contributed by atoms with Crippen molar-refractivity contribution in [1.29, 1.82) is 0 Å². The molecule has 2 N–H and O–H groups in total. The Morgan fingerprint density at radius 3 is 2.89 bits per heavy atom. The highest BCUT2D eigenvalue weighted by molar-refractivity contribution is 8.00. The highest BCUT2D eigenvalue weighted by Crippen LogP contribution is 2.10. The lowest BCUT2D eigenvalue weighted by molar-refractivity contribution is 0.941. The summed E-state index contributed by atoms with van der Waals surface area (Å²) < 4.78 is 0. The van der Waals surface area contributed by atoms with Crippen LogP contribution < -0.4 is 5.73 Å². The van der Waals surface area contributed by atoms with Crippen LogP contribution in [-0.4, -0.2) is 17.5 Å². The molecule has 0 aromatic rings. The predicted molar refractivity (Wildman–Crippen MR) is 45.8 cm³/mol. The van der Waals surface area contributed by atoms with E-state index in [1.165, 1.54) is 0 Å². The van der Waals surface area contributed by atoms with E-state index in [2.05, 4.69) is 13.5 Å². The Morgan fingerprint density at radius 1 is 1.78 bits per heavy atom. The van der Waals surface area contributed by atoms with E-state index in [1.54, 1.807) is 0 Å². The van der Waals surface area contributed by atoms with Crippen LogP contribution in [0.3, 0.4) is 0 Å². The molecule has 0 amide bonds. The molecule has 54 valence electrons. The number of nitrogens with two attached hydrogens (primary N) is 1. The van der Waals surface area contributed by atoms with Crippen molar-refractivity contribution in [3.05, 3.63) is 12.7 Å². The normalized spacial score (nSPS) is 13.1. The second-order valence-electron chi connectivity index (χ2n) is 1.95. The van der Waals surface area contributed by atoms with Crippen molar-refractivity contribution in [2.75, 3.05) is 12.3 Å². The van der Waals surface area contributed by atoms with Crippen LogP contribution >= 0.6 is 11.8 Å². The molecule has 0 aromatic carbocycles. The third kappa shape index (κ3) is 5.93. The van der Waals surface area contributed by atoms with Crippen molar-refractivity contribution in [3.8, 4) is 0 Å². The van der Waals surface area contributed by atoms with Crippen molar-refractivity contribution in [2.45, 2.75) is 18.6 Å². The Morgan fingerprint density at radius 2 is 2.44 bits per heavy atom. The molecule has 0 rings (SSSR count). The van der Waals surface area contributed by atoms with Gasteiger partial charge in [0, 0.05) is 5.25 Å². The van der Waals surface area contributed by atoms with Gasteiger partial charge in [-0.25, -0.2) is 0 Å². The van der Waals surface area contributed by atoms with Gasteiger partial charge in [0.1, 0.15) is 0 Å². The van der Waals surface area contributed by atoms with Crippen LogP contribution in [0.4, 0.5) is 0 Å². The van der Waals surface area contributed by atoms with Crippen LogP contribution in [0, 0.1) is 0 Å². The Hall–Kier alpha value is 0.0500. The summed E-state index contributed by atoms with van der Waals surface area (Å²) in [6, 6.07) is 0. The first-order valence-corrected chi connectivity index (χ1v) is 4.30. The van der Waals surface area contributed by atoms with Crippen molar-refractivity contribution < 1.29 is 0 Å². The van der Waals surface area contributed by atoms with Gasteiger partial charge in [0.2, 0.25) is 0 Å². The smallest absolute Gasteiger partial charge is 0.0196 e. The maximum absolute atomic E-state index is 5.32. The first-order valence-electron chi connectivity index (χ1n) is 3.25. The Balaban J connectivity index is 2.96. The van der Waals surface area contributed by atoms with Crippen molar-refractivity contribution in [1.82, 2.24) is 0 Å². The minimum atomic E-state index is 0.580. The Kier molecular flexibility index (Phi) is 6.21. The average Bonchev–Trinajstić information content (AvgIpc) is 1.89. The topological polar surface area (TPSA) is 26.0 Å². The summed E-state index contributed by atoms with van der Waals surface area (Å²) in [6.45, 7) is 6.64. The molecule has 0 saturated carbocycles. The lowest BCUT2D eigenvalue weighted by Gasteiger charge is -2.02. The summed E-state index contributed by atoms with van der Waals surface area (Å²) in [5, 5.41) is 0.580. The molecule has 0 aromatic heterocycles. The highest BCUT2D eigenvalue weighted by atomic mass is 32.2. The second kappa shape index (κ2) is 6.17. The van der Waals surface area contributed by atoms with E-state index >= 15 is 0 Å². The molecule has 0 saturated heterocycles. The highest BCUT2D eigenvalue weighted by Gasteiger charge is 1.93. The third-order valence-corrected chi connectivity index (χ3v) is 2.30. The molecule has 1 nitrogen and oxygen atoms in total. The quantitative estimate of drug-likeness (QED) is 0.470. The predicted octanol–water partition coefficient (Wildman–Crippen LogP) is 1.64. The Bertz CT molecular complexity index is 73.3. The van der Waals surface area contributed by atoms with Crippen LogP contribution in [0.2, 0.25) is 0 Å². The van der Waals surface area contributed by atoms with Gasteiger partial charge in [-0.3, -0.25) is 0 Å². The van der Waals surface area contributed by atoms with Crippen LogP contribution in [0.15, 0.2) is 12.7 Å². The molecule has 2 heteroatoms. The SMILES string of the molecule is C=CC(C)SCCCN. The van der Waals surface area contributed by atoms with Gasteiger partial charge in [-0.2, -0.15) is 11.8 Å². The molecule has 0 bridgehead atoms. The van der Waals surface area contributed by atoms with Crippen molar-refractivity contribution in [2.24, 2.45) is 5.73 Å². The largest absolute Gasteiger partial charge is 0.330 e. The van der Waals surface area contributed by atoms with E-state index in [-0.39, 0.29) is 0 Å². The summed E-state index contributed by atoms with van der Waals surface area (Å²) in [7, 11) is 0. The molecule has 0 aliphatic rings. The fraction of sp³-hybridized carbons (Fsp3) is 0.714. The second-order valence-corrected chi connectivity index (χ2v) is 3.44. The molecule has 0 aliphatic heterocycles. The summed E-state index contributed by atoms with van der Waals surface area (Å²) in [6.07, 6.45) is 3.07.